The SMILES string of the molecule is NCc1ccccc1Cc1nnc2ccncn12. The minimum Gasteiger partial charge on any atom is -0.326 e. The van der Waals surface area contributed by atoms with Gasteiger partial charge in [0.1, 0.15) is 12.2 Å². The van der Waals surface area contributed by atoms with Gasteiger partial charge in [-0.25, -0.2) is 4.98 Å². The van der Waals surface area contributed by atoms with E-state index in [2.05, 4.69) is 21.2 Å². The molecular formula is C13H13N5. The van der Waals surface area contributed by atoms with Crippen LogP contribution in [0.15, 0.2) is 42.9 Å². The second-order valence-corrected chi connectivity index (χ2v) is 4.07. The molecule has 90 valence electrons. The zero-order valence-corrected chi connectivity index (χ0v) is 9.82. The molecular weight excluding hydrogens is 226 g/mol. The van der Waals surface area contributed by atoms with Gasteiger partial charge in [0.2, 0.25) is 0 Å². The van der Waals surface area contributed by atoms with E-state index in [0.717, 1.165) is 17.0 Å². The Morgan fingerprint density at radius 1 is 1.06 bits per heavy atom. The van der Waals surface area contributed by atoms with E-state index in [9.17, 15) is 0 Å². The van der Waals surface area contributed by atoms with Crippen molar-refractivity contribution in [1.82, 2.24) is 19.6 Å². The molecule has 2 N–H and O–H groups in total. The Hall–Kier alpha value is -2.27. The second kappa shape index (κ2) is 4.54. The fourth-order valence-corrected chi connectivity index (χ4v) is 2.01. The predicted molar refractivity (Wildman–Crippen MR) is 67.9 cm³/mol. The van der Waals surface area contributed by atoms with Crippen LogP contribution in [-0.4, -0.2) is 19.6 Å². The van der Waals surface area contributed by atoms with Gasteiger partial charge in [-0.15, -0.1) is 10.2 Å². The molecule has 2 aromatic heterocycles. The first-order valence-electron chi connectivity index (χ1n) is 5.79. The molecule has 0 saturated heterocycles. The standard InChI is InChI=1S/C13H13N5/c14-8-11-4-2-1-3-10(11)7-13-17-16-12-5-6-15-9-18(12)13/h1-6,9H,7-8,14H2. The molecule has 5 heteroatoms. The van der Waals surface area contributed by atoms with Crippen LogP contribution in [0.1, 0.15) is 17.0 Å². The summed E-state index contributed by atoms with van der Waals surface area (Å²) in [4.78, 5) is 4.09. The molecule has 0 amide bonds. The van der Waals surface area contributed by atoms with Crippen molar-refractivity contribution in [3.63, 3.8) is 0 Å². The van der Waals surface area contributed by atoms with Crippen molar-refractivity contribution in [3.05, 3.63) is 59.8 Å². The number of rotatable bonds is 3. The third kappa shape index (κ3) is 1.84. The summed E-state index contributed by atoms with van der Waals surface area (Å²) in [5, 5.41) is 8.31. The summed E-state index contributed by atoms with van der Waals surface area (Å²) in [6, 6.07) is 9.95. The van der Waals surface area contributed by atoms with Crippen LogP contribution >= 0.6 is 0 Å². The highest BCUT2D eigenvalue weighted by molar-refractivity contribution is 5.37. The molecule has 0 aliphatic carbocycles. The van der Waals surface area contributed by atoms with Crippen LogP contribution < -0.4 is 5.73 Å². The molecule has 0 atom stereocenters. The average molecular weight is 239 g/mol. The molecule has 0 saturated carbocycles. The average Bonchev–Trinajstić information content (AvgIpc) is 2.83. The number of nitrogens with zero attached hydrogens (tertiary/aromatic N) is 4. The zero-order valence-electron chi connectivity index (χ0n) is 9.82. The Morgan fingerprint density at radius 2 is 1.89 bits per heavy atom. The van der Waals surface area contributed by atoms with Gasteiger partial charge in [0, 0.05) is 25.2 Å². The molecule has 1 aromatic carbocycles. The van der Waals surface area contributed by atoms with Gasteiger partial charge in [0.15, 0.2) is 5.65 Å². The summed E-state index contributed by atoms with van der Waals surface area (Å²) in [6.07, 6.45) is 4.15. The largest absolute Gasteiger partial charge is 0.326 e. The van der Waals surface area contributed by atoms with Crippen molar-refractivity contribution >= 4 is 5.65 Å². The number of hydrogen-bond donors (Lipinski definition) is 1. The topological polar surface area (TPSA) is 69.1 Å². The van der Waals surface area contributed by atoms with Gasteiger partial charge in [-0.3, -0.25) is 4.40 Å². The van der Waals surface area contributed by atoms with E-state index < -0.39 is 0 Å². The fourth-order valence-electron chi connectivity index (χ4n) is 2.01. The lowest BCUT2D eigenvalue weighted by Gasteiger charge is -2.05. The number of hydrogen-bond acceptors (Lipinski definition) is 4. The Labute approximate surface area is 104 Å². The Balaban J connectivity index is 2.01. The molecule has 2 heterocycles. The van der Waals surface area contributed by atoms with Crippen molar-refractivity contribution < 1.29 is 0 Å². The maximum absolute atomic E-state index is 5.74. The molecule has 3 rings (SSSR count). The van der Waals surface area contributed by atoms with E-state index in [1.165, 1.54) is 5.56 Å². The number of aromatic nitrogens is 4. The molecule has 0 aliphatic heterocycles. The van der Waals surface area contributed by atoms with Crippen molar-refractivity contribution in [2.75, 3.05) is 0 Å². The quantitative estimate of drug-likeness (QED) is 0.745. The van der Waals surface area contributed by atoms with Gasteiger partial charge in [-0.05, 0) is 11.1 Å². The summed E-state index contributed by atoms with van der Waals surface area (Å²) >= 11 is 0. The van der Waals surface area contributed by atoms with E-state index in [0.29, 0.717) is 13.0 Å². The van der Waals surface area contributed by atoms with Crippen molar-refractivity contribution in [2.45, 2.75) is 13.0 Å². The van der Waals surface area contributed by atoms with Gasteiger partial charge < -0.3 is 5.73 Å². The Bertz CT molecular complexity index is 674. The van der Waals surface area contributed by atoms with Crippen molar-refractivity contribution in [2.24, 2.45) is 5.73 Å². The van der Waals surface area contributed by atoms with Gasteiger partial charge in [-0.1, -0.05) is 24.3 Å². The smallest absolute Gasteiger partial charge is 0.163 e. The van der Waals surface area contributed by atoms with Crippen molar-refractivity contribution in [3.8, 4) is 0 Å². The third-order valence-corrected chi connectivity index (χ3v) is 2.97. The predicted octanol–water partition coefficient (Wildman–Crippen LogP) is 1.17. The van der Waals surface area contributed by atoms with Crippen LogP contribution in [0.5, 0.6) is 0 Å². The van der Waals surface area contributed by atoms with E-state index in [4.69, 9.17) is 5.73 Å². The molecule has 0 spiro atoms. The van der Waals surface area contributed by atoms with Crippen molar-refractivity contribution in [1.29, 1.82) is 0 Å². The van der Waals surface area contributed by atoms with E-state index in [-0.39, 0.29) is 0 Å². The Kier molecular flexibility index (Phi) is 2.74. The molecule has 5 nitrogen and oxygen atoms in total. The van der Waals surface area contributed by atoms with Crippen LogP contribution in [0.25, 0.3) is 5.65 Å². The fraction of sp³-hybridized carbons (Fsp3) is 0.154. The molecule has 0 fully saturated rings. The highest BCUT2D eigenvalue weighted by Gasteiger charge is 2.08. The summed E-state index contributed by atoms with van der Waals surface area (Å²) in [5.41, 5.74) is 8.86. The highest BCUT2D eigenvalue weighted by Crippen LogP contribution is 2.13. The van der Waals surface area contributed by atoms with E-state index in [1.54, 1.807) is 12.5 Å². The molecule has 0 bridgehead atoms. The lowest BCUT2D eigenvalue weighted by molar-refractivity contribution is 0.902. The van der Waals surface area contributed by atoms with Gasteiger partial charge in [-0.2, -0.15) is 0 Å². The number of nitrogens with two attached hydrogens (primary N) is 1. The first-order valence-corrected chi connectivity index (χ1v) is 5.79. The van der Waals surface area contributed by atoms with Crippen LogP contribution in [0.2, 0.25) is 0 Å². The monoisotopic (exact) mass is 239 g/mol. The normalized spacial score (nSPS) is 10.9. The summed E-state index contributed by atoms with van der Waals surface area (Å²) in [6.45, 7) is 0.533. The maximum Gasteiger partial charge on any atom is 0.163 e. The second-order valence-electron chi connectivity index (χ2n) is 4.07. The van der Waals surface area contributed by atoms with Crippen LogP contribution in [-0.2, 0) is 13.0 Å². The molecule has 0 radical (unpaired) electrons. The molecule has 0 aliphatic rings. The molecule has 0 unspecified atom stereocenters. The summed E-state index contributed by atoms with van der Waals surface area (Å²) in [5.74, 6) is 0.874. The van der Waals surface area contributed by atoms with E-state index in [1.807, 2.05) is 28.7 Å². The highest BCUT2D eigenvalue weighted by atomic mass is 15.3. The summed E-state index contributed by atoms with van der Waals surface area (Å²) < 4.78 is 1.90. The van der Waals surface area contributed by atoms with Crippen LogP contribution in [0.4, 0.5) is 0 Å². The zero-order chi connectivity index (χ0) is 12.4. The Morgan fingerprint density at radius 3 is 2.72 bits per heavy atom. The van der Waals surface area contributed by atoms with E-state index >= 15 is 0 Å². The van der Waals surface area contributed by atoms with Gasteiger partial charge in [0.05, 0.1) is 0 Å². The molecule has 18 heavy (non-hydrogen) atoms. The minimum absolute atomic E-state index is 0.533. The first kappa shape index (κ1) is 10.9. The maximum atomic E-state index is 5.74. The van der Waals surface area contributed by atoms with Crippen LogP contribution in [0.3, 0.4) is 0 Å². The number of benzene rings is 1. The minimum atomic E-state index is 0.533. The lowest BCUT2D eigenvalue weighted by Crippen LogP contribution is -2.04. The first-order chi connectivity index (χ1) is 8.88. The van der Waals surface area contributed by atoms with Crippen LogP contribution in [0, 0.1) is 0 Å². The molecule has 3 aromatic rings. The lowest BCUT2D eigenvalue weighted by atomic mass is 10.0. The number of fused-ring (bicyclic) bond motifs is 1. The third-order valence-electron chi connectivity index (χ3n) is 2.97. The van der Waals surface area contributed by atoms with Gasteiger partial charge in [0.25, 0.3) is 0 Å². The summed E-state index contributed by atoms with van der Waals surface area (Å²) in [7, 11) is 0. The van der Waals surface area contributed by atoms with Gasteiger partial charge >= 0.3 is 0 Å².